The lowest BCUT2D eigenvalue weighted by atomic mass is 10.1. The molecule has 0 bridgehead atoms. The molecule has 1 rings (SSSR count). The SMILES string of the molecule is CCOC(=O)CCCNC.CNCCc1ccc(F)cc1. The van der Waals surface area contributed by atoms with Gasteiger partial charge in [-0.2, -0.15) is 0 Å². The van der Waals surface area contributed by atoms with Gasteiger partial charge < -0.3 is 15.4 Å². The normalized spacial score (nSPS) is 9.71. The Morgan fingerprint density at radius 2 is 1.76 bits per heavy atom. The third-order valence-electron chi connectivity index (χ3n) is 2.69. The smallest absolute Gasteiger partial charge is 0.305 e. The van der Waals surface area contributed by atoms with E-state index in [1.54, 1.807) is 0 Å². The van der Waals surface area contributed by atoms with E-state index >= 15 is 0 Å². The van der Waals surface area contributed by atoms with E-state index in [4.69, 9.17) is 4.74 Å². The van der Waals surface area contributed by atoms with Gasteiger partial charge in [-0.15, -0.1) is 0 Å². The molecule has 0 aliphatic carbocycles. The second kappa shape index (κ2) is 13.5. The Morgan fingerprint density at radius 3 is 2.29 bits per heavy atom. The molecular formula is C16H27FN2O2. The molecule has 0 aromatic heterocycles. The highest BCUT2D eigenvalue weighted by Crippen LogP contribution is 2.02. The monoisotopic (exact) mass is 298 g/mol. The number of esters is 1. The maximum atomic E-state index is 12.4. The van der Waals surface area contributed by atoms with Crippen LogP contribution in [0, 0.1) is 5.82 Å². The minimum absolute atomic E-state index is 0.0993. The molecule has 0 saturated carbocycles. The fourth-order valence-electron chi connectivity index (χ4n) is 1.56. The zero-order valence-corrected chi connectivity index (χ0v) is 13.2. The van der Waals surface area contributed by atoms with Crippen molar-refractivity contribution in [2.24, 2.45) is 0 Å². The molecule has 0 aliphatic heterocycles. The molecule has 1 aromatic carbocycles. The summed E-state index contributed by atoms with van der Waals surface area (Å²) in [6.07, 6.45) is 2.33. The molecule has 1 aromatic rings. The van der Waals surface area contributed by atoms with Crippen LogP contribution < -0.4 is 10.6 Å². The number of rotatable bonds is 8. The van der Waals surface area contributed by atoms with Crippen LogP contribution in [0.1, 0.15) is 25.3 Å². The molecule has 0 saturated heterocycles. The number of likely N-dealkylation sites (N-methyl/N-ethyl adjacent to an activating group) is 1. The molecule has 4 nitrogen and oxygen atoms in total. The van der Waals surface area contributed by atoms with E-state index in [0.29, 0.717) is 13.0 Å². The first-order chi connectivity index (χ1) is 10.1. The predicted octanol–water partition coefficient (Wildman–Crippen LogP) is 2.14. The van der Waals surface area contributed by atoms with Crippen LogP contribution in [-0.4, -0.2) is 39.8 Å². The van der Waals surface area contributed by atoms with Crippen LogP contribution in [0.25, 0.3) is 0 Å². The number of carbonyl (C=O) groups is 1. The van der Waals surface area contributed by atoms with Crippen molar-refractivity contribution in [2.75, 3.05) is 33.8 Å². The van der Waals surface area contributed by atoms with Crippen LogP contribution in [0.4, 0.5) is 4.39 Å². The summed E-state index contributed by atoms with van der Waals surface area (Å²) < 4.78 is 17.1. The van der Waals surface area contributed by atoms with Crippen LogP contribution in [0.3, 0.4) is 0 Å². The first kappa shape index (κ1) is 19.5. The zero-order valence-electron chi connectivity index (χ0n) is 13.2. The molecule has 0 atom stereocenters. The fraction of sp³-hybridized carbons (Fsp3) is 0.562. The number of hydrogen-bond donors (Lipinski definition) is 2. The Kier molecular flexibility index (Phi) is 12.6. The lowest BCUT2D eigenvalue weighted by Crippen LogP contribution is -2.11. The molecule has 0 unspecified atom stereocenters. The molecule has 0 spiro atoms. The summed E-state index contributed by atoms with van der Waals surface area (Å²) in [5, 5.41) is 5.99. The minimum Gasteiger partial charge on any atom is -0.466 e. The highest BCUT2D eigenvalue weighted by atomic mass is 19.1. The summed E-state index contributed by atoms with van der Waals surface area (Å²) in [6.45, 7) is 4.11. The van der Waals surface area contributed by atoms with Gasteiger partial charge in [-0.1, -0.05) is 12.1 Å². The molecule has 120 valence electrons. The quantitative estimate of drug-likeness (QED) is 0.570. The number of ether oxygens (including phenoxy) is 1. The average Bonchev–Trinajstić information content (AvgIpc) is 2.48. The maximum absolute atomic E-state index is 12.4. The Labute approximate surface area is 127 Å². The van der Waals surface area contributed by atoms with Crippen LogP contribution in [0.15, 0.2) is 24.3 Å². The van der Waals surface area contributed by atoms with Crippen molar-refractivity contribution in [1.82, 2.24) is 10.6 Å². The highest BCUT2D eigenvalue weighted by molar-refractivity contribution is 5.69. The summed E-state index contributed by atoms with van der Waals surface area (Å²) in [7, 11) is 3.77. The van der Waals surface area contributed by atoms with E-state index in [1.807, 2.05) is 33.2 Å². The Morgan fingerprint density at radius 1 is 1.14 bits per heavy atom. The zero-order chi connectivity index (χ0) is 15.9. The largest absolute Gasteiger partial charge is 0.466 e. The summed E-state index contributed by atoms with van der Waals surface area (Å²) in [4.78, 5) is 10.7. The third kappa shape index (κ3) is 12.0. The van der Waals surface area contributed by atoms with Crippen molar-refractivity contribution in [1.29, 1.82) is 0 Å². The van der Waals surface area contributed by atoms with Crippen molar-refractivity contribution < 1.29 is 13.9 Å². The van der Waals surface area contributed by atoms with Crippen molar-refractivity contribution in [2.45, 2.75) is 26.2 Å². The summed E-state index contributed by atoms with van der Waals surface area (Å²) in [5.41, 5.74) is 1.17. The van der Waals surface area contributed by atoms with Crippen molar-refractivity contribution >= 4 is 5.97 Å². The topological polar surface area (TPSA) is 50.4 Å². The van der Waals surface area contributed by atoms with E-state index in [1.165, 1.54) is 17.7 Å². The molecule has 0 amide bonds. The Hall–Kier alpha value is -1.46. The van der Waals surface area contributed by atoms with Crippen LogP contribution in [0.5, 0.6) is 0 Å². The van der Waals surface area contributed by atoms with Gasteiger partial charge in [-0.25, -0.2) is 4.39 Å². The van der Waals surface area contributed by atoms with E-state index in [2.05, 4.69) is 10.6 Å². The van der Waals surface area contributed by atoms with Crippen molar-refractivity contribution in [3.05, 3.63) is 35.6 Å². The molecule has 2 N–H and O–H groups in total. The van der Waals surface area contributed by atoms with E-state index in [-0.39, 0.29) is 11.8 Å². The van der Waals surface area contributed by atoms with Crippen LogP contribution in [0.2, 0.25) is 0 Å². The summed E-state index contributed by atoms with van der Waals surface area (Å²) >= 11 is 0. The lowest BCUT2D eigenvalue weighted by Gasteiger charge is -1.99. The van der Waals surface area contributed by atoms with Gasteiger partial charge in [0.25, 0.3) is 0 Å². The fourth-order valence-corrected chi connectivity index (χ4v) is 1.56. The maximum Gasteiger partial charge on any atom is 0.305 e. The second-order valence-corrected chi connectivity index (χ2v) is 4.49. The van der Waals surface area contributed by atoms with Gasteiger partial charge in [0.15, 0.2) is 0 Å². The van der Waals surface area contributed by atoms with Crippen molar-refractivity contribution in [3.63, 3.8) is 0 Å². The molecule has 0 heterocycles. The lowest BCUT2D eigenvalue weighted by molar-refractivity contribution is -0.143. The van der Waals surface area contributed by atoms with Crippen LogP contribution >= 0.6 is 0 Å². The molecule has 0 radical (unpaired) electrons. The van der Waals surface area contributed by atoms with Gasteiger partial charge in [-0.05, 0) is 64.6 Å². The first-order valence-electron chi connectivity index (χ1n) is 7.33. The molecule has 0 fully saturated rings. The first-order valence-corrected chi connectivity index (χ1v) is 7.33. The van der Waals surface area contributed by atoms with Gasteiger partial charge in [-0.3, -0.25) is 4.79 Å². The molecule has 0 aliphatic rings. The van der Waals surface area contributed by atoms with Crippen LogP contribution in [-0.2, 0) is 16.0 Å². The third-order valence-corrected chi connectivity index (χ3v) is 2.69. The number of hydrogen-bond acceptors (Lipinski definition) is 4. The van der Waals surface area contributed by atoms with Gasteiger partial charge in [0.2, 0.25) is 0 Å². The second-order valence-electron chi connectivity index (χ2n) is 4.49. The molecule has 5 heteroatoms. The van der Waals surface area contributed by atoms with Gasteiger partial charge in [0, 0.05) is 6.42 Å². The summed E-state index contributed by atoms with van der Waals surface area (Å²) in [5.74, 6) is -0.268. The molecule has 21 heavy (non-hydrogen) atoms. The van der Waals surface area contributed by atoms with Gasteiger partial charge in [0.05, 0.1) is 6.61 Å². The highest BCUT2D eigenvalue weighted by Gasteiger charge is 1.98. The van der Waals surface area contributed by atoms with Gasteiger partial charge in [0.1, 0.15) is 5.82 Å². The average molecular weight is 298 g/mol. The Balaban J connectivity index is 0.000000384. The van der Waals surface area contributed by atoms with E-state index < -0.39 is 0 Å². The number of halogens is 1. The summed E-state index contributed by atoms with van der Waals surface area (Å²) in [6, 6.07) is 6.61. The Bertz CT molecular complexity index is 369. The number of carbonyl (C=O) groups excluding carboxylic acids is 1. The number of nitrogens with one attached hydrogen (secondary N) is 2. The van der Waals surface area contributed by atoms with E-state index in [9.17, 15) is 9.18 Å². The standard InChI is InChI=1S/C9H12FN.C7H15NO2/c1-11-7-6-8-2-4-9(10)5-3-8;1-3-10-7(9)5-4-6-8-2/h2-5,11H,6-7H2,1H3;8H,3-6H2,1-2H3. The van der Waals surface area contributed by atoms with Crippen molar-refractivity contribution in [3.8, 4) is 0 Å². The van der Waals surface area contributed by atoms with Gasteiger partial charge >= 0.3 is 5.97 Å². The number of benzene rings is 1. The van der Waals surface area contributed by atoms with E-state index in [0.717, 1.165) is 25.9 Å². The molecular weight excluding hydrogens is 271 g/mol. The predicted molar refractivity (Wildman–Crippen MR) is 83.8 cm³/mol. The minimum atomic E-state index is -0.168.